The number of carboxylic acids is 1. The first-order valence-electron chi connectivity index (χ1n) is 5.10. The van der Waals surface area contributed by atoms with Gasteiger partial charge in [-0.3, -0.25) is 0 Å². The first-order chi connectivity index (χ1) is 8.40. The number of thiophene rings is 1. The molecule has 4 N–H and O–H groups in total. The Hall–Kier alpha value is -1.31. The molecule has 0 aliphatic heterocycles. The average Bonchev–Trinajstić information content (AvgIpc) is 2.72. The van der Waals surface area contributed by atoms with Gasteiger partial charge in [-0.15, -0.1) is 11.3 Å². The number of carbonyl (C=O) groups is 2. The zero-order valence-electron chi connectivity index (χ0n) is 9.51. The maximum Gasteiger partial charge on any atom is 0.334 e. The van der Waals surface area contributed by atoms with Crippen LogP contribution in [0.4, 0.5) is 4.79 Å². The maximum atomic E-state index is 11.4. The zero-order chi connectivity index (χ0) is 13.7. The van der Waals surface area contributed by atoms with Crippen LogP contribution in [-0.2, 0) is 4.79 Å². The van der Waals surface area contributed by atoms with E-state index in [1.54, 1.807) is 19.1 Å². The van der Waals surface area contributed by atoms with Gasteiger partial charge in [0.15, 0.2) is 6.10 Å². The van der Waals surface area contributed by atoms with E-state index in [2.05, 4.69) is 10.6 Å². The largest absolute Gasteiger partial charge is 0.479 e. The van der Waals surface area contributed by atoms with Crippen molar-refractivity contribution in [2.75, 3.05) is 6.54 Å². The molecular formula is C10H13ClN2O4S. The van der Waals surface area contributed by atoms with Crippen LogP contribution in [0.3, 0.4) is 0 Å². The second-order valence-corrected chi connectivity index (χ2v) is 5.32. The highest BCUT2D eigenvalue weighted by Crippen LogP contribution is 2.26. The number of urea groups is 1. The molecule has 0 aliphatic rings. The second-order valence-electron chi connectivity index (χ2n) is 3.57. The first-order valence-corrected chi connectivity index (χ1v) is 6.30. The lowest BCUT2D eigenvalue weighted by Gasteiger charge is -2.14. The summed E-state index contributed by atoms with van der Waals surface area (Å²) < 4.78 is 0.625. The molecule has 18 heavy (non-hydrogen) atoms. The minimum Gasteiger partial charge on any atom is -0.479 e. The van der Waals surface area contributed by atoms with Gasteiger partial charge in [-0.1, -0.05) is 11.6 Å². The summed E-state index contributed by atoms with van der Waals surface area (Å²) in [5.74, 6) is -1.38. The van der Waals surface area contributed by atoms with Gasteiger partial charge in [-0.2, -0.15) is 0 Å². The van der Waals surface area contributed by atoms with Crippen molar-refractivity contribution in [1.82, 2.24) is 10.6 Å². The fraction of sp³-hybridized carbons (Fsp3) is 0.400. The number of carbonyl (C=O) groups excluding carboxylic acids is 1. The Morgan fingerprint density at radius 2 is 2.17 bits per heavy atom. The molecule has 2 amide bonds. The van der Waals surface area contributed by atoms with Gasteiger partial charge in [0.2, 0.25) is 0 Å². The normalized spacial score (nSPS) is 13.7. The summed E-state index contributed by atoms with van der Waals surface area (Å²) in [6.45, 7) is 1.43. The van der Waals surface area contributed by atoms with Crippen molar-refractivity contribution in [3.63, 3.8) is 0 Å². The number of hydrogen-bond acceptors (Lipinski definition) is 4. The molecule has 0 fully saturated rings. The standard InChI is InChI=1S/C10H13ClN2O4S/c1-5(7-2-3-8(11)18-7)13-10(17)12-4-6(14)9(15)16/h2-3,5-6,14H,4H2,1H3,(H,15,16)(H2,12,13,17). The van der Waals surface area contributed by atoms with Crippen LogP contribution in [0, 0.1) is 0 Å². The van der Waals surface area contributed by atoms with E-state index in [4.69, 9.17) is 21.8 Å². The smallest absolute Gasteiger partial charge is 0.334 e. The van der Waals surface area contributed by atoms with E-state index in [-0.39, 0.29) is 12.6 Å². The molecular weight excluding hydrogens is 280 g/mol. The predicted molar refractivity (Wildman–Crippen MR) is 67.9 cm³/mol. The summed E-state index contributed by atoms with van der Waals surface area (Å²) in [6.07, 6.45) is -1.61. The molecule has 1 aromatic rings. The van der Waals surface area contributed by atoms with Gasteiger partial charge in [-0.25, -0.2) is 9.59 Å². The zero-order valence-corrected chi connectivity index (χ0v) is 11.1. The predicted octanol–water partition coefficient (Wildman–Crippen LogP) is 1.21. The fourth-order valence-electron chi connectivity index (χ4n) is 1.16. The van der Waals surface area contributed by atoms with Crippen molar-refractivity contribution < 1.29 is 19.8 Å². The Labute approximate surface area is 113 Å². The number of carboxylic acid groups (broad SMARTS) is 1. The molecule has 0 aromatic carbocycles. The van der Waals surface area contributed by atoms with Crippen molar-refractivity contribution in [3.05, 3.63) is 21.3 Å². The van der Waals surface area contributed by atoms with Crippen LogP contribution >= 0.6 is 22.9 Å². The summed E-state index contributed by atoms with van der Waals surface area (Å²) >= 11 is 7.12. The molecule has 1 rings (SSSR count). The van der Waals surface area contributed by atoms with Crippen molar-refractivity contribution in [2.24, 2.45) is 0 Å². The quantitative estimate of drug-likeness (QED) is 0.655. The van der Waals surface area contributed by atoms with Gasteiger partial charge in [-0.05, 0) is 19.1 Å². The van der Waals surface area contributed by atoms with E-state index < -0.39 is 18.1 Å². The topological polar surface area (TPSA) is 98.7 Å². The Bertz CT molecular complexity index is 437. The molecule has 0 saturated heterocycles. The minimum absolute atomic E-state index is 0.246. The van der Waals surface area contributed by atoms with Gasteiger partial charge < -0.3 is 20.8 Å². The van der Waals surface area contributed by atoms with E-state index in [0.29, 0.717) is 4.34 Å². The van der Waals surface area contributed by atoms with Crippen LogP contribution in [0.1, 0.15) is 17.8 Å². The minimum atomic E-state index is -1.61. The van der Waals surface area contributed by atoms with Crippen LogP contribution in [0.15, 0.2) is 12.1 Å². The van der Waals surface area contributed by atoms with Crippen molar-refractivity contribution in [1.29, 1.82) is 0 Å². The fourth-order valence-corrected chi connectivity index (χ4v) is 2.22. The number of aliphatic hydroxyl groups is 1. The Morgan fingerprint density at radius 1 is 1.50 bits per heavy atom. The number of rotatable bonds is 5. The molecule has 100 valence electrons. The summed E-state index contributed by atoms with van der Waals surface area (Å²) in [6, 6.07) is 2.73. The van der Waals surface area contributed by atoms with Gasteiger partial charge in [0.25, 0.3) is 0 Å². The van der Waals surface area contributed by atoms with E-state index in [1.807, 2.05) is 0 Å². The molecule has 0 spiro atoms. The van der Waals surface area contributed by atoms with Gasteiger partial charge in [0.1, 0.15) is 0 Å². The molecule has 1 heterocycles. The van der Waals surface area contributed by atoms with E-state index in [0.717, 1.165) is 4.88 Å². The van der Waals surface area contributed by atoms with Crippen LogP contribution in [0.2, 0.25) is 4.34 Å². The Kier molecular flexibility index (Phi) is 5.39. The van der Waals surface area contributed by atoms with Crippen LogP contribution < -0.4 is 10.6 Å². The molecule has 0 radical (unpaired) electrons. The van der Waals surface area contributed by atoms with Crippen molar-refractivity contribution in [2.45, 2.75) is 19.1 Å². The highest BCUT2D eigenvalue weighted by atomic mass is 35.5. The summed E-state index contributed by atoms with van der Waals surface area (Å²) in [4.78, 5) is 22.6. The molecule has 0 aliphatic carbocycles. The first kappa shape index (κ1) is 14.7. The SMILES string of the molecule is CC(NC(=O)NCC(O)C(=O)O)c1ccc(Cl)s1. The lowest BCUT2D eigenvalue weighted by atomic mass is 10.3. The third-order valence-corrected chi connectivity index (χ3v) is 3.52. The van der Waals surface area contributed by atoms with Crippen molar-refractivity contribution >= 4 is 34.9 Å². The highest BCUT2D eigenvalue weighted by Gasteiger charge is 2.16. The number of aliphatic carboxylic acids is 1. The molecule has 0 saturated carbocycles. The second kappa shape index (κ2) is 6.58. The van der Waals surface area contributed by atoms with Crippen molar-refractivity contribution in [3.8, 4) is 0 Å². The molecule has 0 bridgehead atoms. The molecule has 8 heteroatoms. The van der Waals surface area contributed by atoms with Crippen LogP contribution in [0.5, 0.6) is 0 Å². The Balaban J connectivity index is 2.38. The number of halogens is 1. The molecule has 2 atom stereocenters. The lowest BCUT2D eigenvalue weighted by molar-refractivity contribution is -0.146. The summed E-state index contributed by atoms with van der Waals surface area (Å²) in [5.41, 5.74) is 0. The lowest BCUT2D eigenvalue weighted by Crippen LogP contribution is -2.42. The van der Waals surface area contributed by atoms with Gasteiger partial charge >= 0.3 is 12.0 Å². The van der Waals surface area contributed by atoms with E-state index >= 15 is 0 Å². The summed E-state index contributed by atoms with van der Waals surface area (Å²) in [7, 11) is 0. The number of nitrogens with one attached hydrogen (secondary N) is 2. The molecule has 2 unspecified atom stereocenters. The maximum absolute atomic E-state index is 11.4. The van der Waals surface area contributed by atoms with E-state index in [1.165, 1.54) is 11.3 Å². The number of amides is 2. The third kappa shape index (κ3) is 4.52. The monoisotopic (exact) mass is 292 g/mol. The van der Waals surface area contributed by atoms with Crippen LogP contribution in [-0.4, -0.2) is 34.9 Å². The van der Waals surface area contributed by atoms with E-state index in [9.17, 15) is 9.59 Å². The summed E-state index contributed by atoms with van der Waals surface area (Å²) in [5, 5.41) is 22.3. The van der Waals surface area contributed by atoms with Gasteiger partial charge in [0.05, 0.1) is 16.9 Å². The molecule has 6 nitrogen and oxygen atoms in total. The number of hydrogen-bond donors (Lipinski definition) is 4. The van der Waals surface area contributed by atoms with Crippen LogP contribution in [0.25, 0.3) is 0 Å². The highest BCUT2D eigenvalue weighted by molar-refractivity contribution is 7.16. The molecule has 1 aromatic heterocycles. The number of aliphatic hydroxyl groups excluding tert-OH is 1. The van der Waals surface area contributed by atoms with Gasteiger partial charge in [0, 0.05) is 4.88 Å². The third-order valence-electron chi connectivity index (χ3n) is 2.11. The Morgan fingerprint density at radius 3 is 2.67 bits per heavy atom. The average molecular weight is 293 g/mol.